The van der Waals surface area contributed by atoms with Crippen LogP contribution in [-0.2, 0) is 11.3 Å². The van der Waals surface area contributed by atoms with Crippen molar-refractivity contribution in [3.8, 4) is 0 Å². The Balaban J connectivity index is 1.42. The molecule has 13 heteroatoms. The van der Waals surface area contributed by atoms with Crippen molar-refractivity contribution in [2.75, 3.05) is 18.4 Å². The van der Waals surface area contributed by atoms with E-state index in [1.807, 2.05) is 0 Å². The zero-order valence-corrected chi connectivity index (χ0v) is 18.9. The van der Waals surface area contributed by atoms with Crippen LogP contribution in [0.1, 0.15) is 30.4 Å². The number of alkyl halides is 2. The minimum absolute atomic E-state index is 0.0391. The molecule has 1 aromatic carbocycles. The first-order valence-electron chi connectivity index (χ1n) is 10.9. The third-order valence-electron chi connectivity index (χ3n) is 6.23. The van der Waals surface area contributed by atoms with Crippen molar-refractivity contribution in [2.24, 2.45) is 0 Å². The van der Waals surface area contributed by atoms with Gasteiger partial charge in [-0.1, -0.05) is 0 Å². The summed E-state index contributed by atoms with van der Waals surface area (Å²) in [6.45, 7) is 0.992. The number of hydrogen-bond acceptors (Lipinski definition) is 4. The lowest BCUT2D eigenvalue weighted by Gasteiger charge is -2.40. The van der Waals surface area contributed by atoms with Crippen molar-refractivity contribution in [3.63, 3.8) is 0 Å². The summed E-state index contributed by atoms with van der Waals surface area (Å²) in [5.74, 6) is -11.7. The van der Waals surface area contributed by atoms with Crippen molar-refractivity contribution < 1.29 is 35.9 Å². The molecule has 36 heavy (non-hydrogen) atoms. The Labute approximate surface area is 201 Å². The summed E-state index contributed by atoms with van der Waals surface area (Å²) in [4.78, 5) is 18.3. The van der Waals surface area contributed by atoms with Gasteiger partial charge in [-0.3, -0.25) is 9.69 Å². The molecule has 0 radical (unpaired) electrons. The SMILES string of the molecule is C[C@@H](C(=O)Nc1cn(Cc2cc(F)c(F)c(F)c2F)cn1)N1CCC(F)(F)[C@@H](c2cc[n+]([O-])cc2)C1. The number of imidazole rings is 1. The number of carbonyl (C=O) groups is 1. The second-order valence-electron chi connectivity index (χ2n) is 8.61. The molecule has 1 saturated heterocycles. The van der Waals surface area contributed by atoms with Crippen LogP contribution in [0.15, 0.2) is 43.1 Å². The highest BCUT2D eigenvalue weighted by molar-refractivity contribution is 5.93. The fraction of sp³-hybridized carbons (Fsp3) is 0.348. The molecule has 0 spiro atoms. The highest BCUT2D eigenvalue weighted by atomic mass is 19.3. The number of halogens is 6. The lowest BCUT2D eigenvalue weighted by Crippen LogP contribution is -2.52. The van der Waals surface area contributed by atoms with Crippen LogP contribution in [0, 0.1) is 28.5 Å². The first kappa shape index (κ1) is 25.5. The fourth-order valence-corrected chi connectivity index (χ4v) is 4.13. The van der Waals surface area contributed by atoms with Gasteiger partial charge in [0.1, 0.15) is 0 Å². The van der Waals surface area contributed by atoms with Crippen LogP contribution in [0.3, 0.4) is 0 Å². The molecule has 0 unspecified atom stereocenters. The van der Waals surface area contributed by atoms with Gasteiger partial charge in [0.05, 0.1) is 24.8 Å². The van der Waals surface area contributed by atoms with Crippen LogP contribution < -0.4 is 10.0 Å². The summed E-state index contributed by atoms with van der Waals surface area (Å²) in [5.41, 5.74) is -0.178. The van der Waals surface area contributed by atoms with Crippen LogP contribution >= 0.6 is 0 Å². The van der Waals surface area contributed by atoms with Gasteiger partial charge in [-0.2, -0.15) is 4.73 Å². The normalized spacial score (nSPS) is 18.7. The standard InChI is InChI=1S/C23H21F6N5O2/c1-13(33-7-4-23(28,29)16(10-33)14-2-5-34(36)6-3-14)22(35)31-18-11-32(12-30-18)9-15-8-17(24)20(26)21(27)19(15)25/h2-3,5-6,8,11-13,16H,4,7,9-10H2,1H3,(H,31,35)/t13-,16+/m0/s1. The van der Waals surface area contributed by atoms with Crippen molar-refractivity contribution in [2.45, 2.75) is 37.8 Å². The Morgan fingerprint density at radius 1 is 1.22 bits per heavy atom. The van der Waals surface area contributed by atoms with Crippen LogP contribution in [0.5, 0.6) is 0 Å². The molecule has 1 N–H and O–H groups in total. The minimum Gasteiger partial charge on any atom is -0.619 e. The number of aromatic nitrogens is 3. The van der Waals surface area contributed by atoms with E-state index in [0.29, 0.717) is 10.8 Å². The van der Waals surface area contributed by atoms with Crippen molar-refractivity contribution in [1.82, 2.24) is 14.5 Å². The lowest BCUT2D eigenvalue weighted by molar-refractivity contribution is -0.605. The maximum atomic E-state index is 14.6. The molecule has 0 bridgehead atoms. The summed E-state index contributed by atoms with van der Waals surface area (Å²) >= 11 is 0. The van der Waals surface area contributed by atoms with Crippen LogP contribution in [0.25, 0.3) is 0 Å². The van der Waals surface area contributed by atoms with Crippen molar-refractivity contribution in [3.05, 3.63) is 82.7 Å². The van der Waals surface area contributed by atoms with Gasteiger partial charge in [-0.05, 0) is 18.6 Å². The number of rotatable bonds is 6. The lowest BCUT2D eigenvalue weighted by atomic mass is 9.87. The number of nitrogens with one attached hydrogen (secondary N) is 1. The second kappa shape index (κ2) is 9.80. The average molecular weight is 513 g/mol. The van der Waals surface area contributed by atoms with E-state index in [0.717, 1.165) is 12.4 Å². The van der Waals surface area contributed by atoms with E-state index in [1.54, 1.807) is 11.8 Å². The molecule has 3 heterocycles. The molecule has 2 aromatic heterocycles. The molecule has 0 aliphatic carbocycles. The van der Waals surface area contributed by atoms with Crippen molar-refractivity contribution in [1.29, 1.82) is 0 Å². The van der Waals surface area contributed by atoms with Gasteiger partial charge >= 0.3 is 0 Å². The van der Waals surface area contributed by atoms with E-state index in [2.05, 4.69) is 10.3 Å². The van der Waals surface area contributed by atoms with Gasteiger partial charge in [0.15, 0.2) is 41.5 Å². The molecule has 3 aromatic rings. The number of piperidine rings is 1. The summed E-state index contributed by atoms with van der Waals surface area (Å²) in [6, 6.07) is 2.36. The second-order valence-corrected chi connectivity index (χ2v) is 8.61. The molecule has 1 amide bonds. The Hall–Kier alpha value is -3.61. The summed E-state index contributed by atoms with van der Waals surface area (Å²) < 4.78 is 84.9. The molecule has 1 aliphatic rings. The van der Waals surface area contributed by atoms with Crippen LogP contribution in [0.4, 0.5) is 32.2 Å². The van der Waals surface area contributed by atoms with Gasteiger partial charge in [0.25, 0.3) is 5.92 Å². The topological polar surface area (TPSA) is 77.1 Å². The largest absolute Gasteiger partial charge is 0.619 e. The van der Waals surface area contributed by atoms with Crippen molar-refractivity contribution >= 4 is 11.7 Å². The number of hydrogen-bond donors (Lipinski definition) is 1. The smallest absolute Gasteiger partial charge is 0.257 e. The Morgan fingerprint density at radius 3 is 2.61 bits per heavy atom. The number of pyridine rings is 1. The first-order chi connectivity index (χ1) is 17.0. The molecular weight excluding hydrogens is 492 g/mol. The molecule has 0 saturated carbocycles. The minimum atomic E-state index is -3.02. The Bertz CT molecular complexity index is 1270. The highest BCUT2D eigenvalue weighted by Gasteiger charge is 2.46. The van der Waals surface area contributed by atoms with Gasteiger partial charge in [-0.15, -0.1) is 0 Å². The Morgan fingerprint density at radius 2 is 1.92 bits per heavy atom. The number of anilines is 1. The third kappa shape index (κ3) is 5.15. The monoisotopic (exact) mass is 513 g/mol. The van der Waals surface area contributed by atoms with E-state index in [4.69, 9.17) is 0 Å². The number of likely N-dealkylation sites (tertiary alicyclic amines) is 1. The van der Waals surface area contributed by atoms with Gasteiger partial charge in [0.2, 0.25) is 5.91 Å². The molecular formula is C23H21F6N5O2. The Kier molecular flexibility index (Phi) is 6.94. The van der Waals surface area contributed by atoms with E-state index >= 15 is 0 Å². The van der Waals surface area contributed by atoms with Gasteiger partial charge < -0.3 is 15.1 Å². The average Bonchev–Trinajstić information content (AvgIpc) is 3.28. The van der Waals surface area contributed by atoms with Crippen LogP contribution in [0.2, 0.25) is 0 Å². The summed E-state index contributed by atoms with van der Waals surface area (Å²) in [7, 11) is 0. The molecule has 2 atom stereocenters. The molecule has 4 rings (SSSR count). The fourth-order valence-electron chi connectivity index (χ4n) is 4.13. The predicted octanol–water partition coefficient (Wildman–Crippen LogP) is 3.57. The van der Waals surface area contributed by atoms with E-state index in [-0.39, 0.29) is 31.0 Å². The van der Waals surface area contributed by atoms with Crippen LogP contribution in [-0.4, -0.2) is 45.4 Å². The number of carbonyl (C=O) groups excluding carboxylic acids is 1. The predicted molar refractivity (Wildman–Crippen MR) is 115 cm³/mol. The van der Waals surface area contributed by atoms with E-state index < -0.39 is 59.0 Å². The maximum Gasteiger partial charge on any atom is 0.257 e. The van der Waals surface area contributed by atoms with E-state index in [1.165, 1.54) is 29.2 Å². The molecule has 192 valence electrons. The highest BCUT2D eigenvalue weighted by Crippen LogP contribution is 2.40. The summed E-state index contributed by atoms with van der Waals surface area (Å²) in [5, 5.41) is 13.8. The zero-order chi connectivity index (χ0) is 26.2. The number of amides is 1. The quantitative estimate of drug-likeness (QED) is 0.180. The number of nitrogens with zero attached hydrogens (tertiary/aromatic N) is 4. The first-order valence-corrected chi connectivity index (χ1v) is 10.9. The van der Waals surface area contributed by atoms with E-state index in [9.17, 15) is 36.3 Å². The number of benzene rings is 1. The third-order valence-corrected chi connectivity index (χ3v) is 6.23. The molecule has 1 aliphatic heterocycles. The summed E-state index contributed by atoms with van der Waals surface area (Å²) in [6.07, 6.45) is 4.24. The zero-order valence-electron chi connectivity index (χ0n) is 18.9. The maximum absolute atomic E-state index is 14.6. The molecule has 1 fully saturated rings. The van der Waals surface area contributed by atoms with Gasteiger partial charge in [-0.25, -0.2) is 31.3 Å². The molecule has 7 nitrogen and oxygen atoms in total. The van der Waals surface area contributed by atoms with Gasteiger partial charge in [0, 0.05) is 43.4 Å².